The number of amides is 2. The van der Waals surface area contributed by atoms with Gasteiger partial charge in [0.1, 0.15) is 0 Å². The molecule has 0 aliphatic carbocycles. The highest BCUT2D eigenvalue weighted by Crippen LogP contribution is 2.24. The van der Waals surface area contributed by atoms with Crippen molar-refractivity contribution in [1.82, 2.24) is 10.2 Å². The van der Waals surface area contributed by atoms with Crippen LogP contribution in [0.4, 0.5) is 10.5 Å². The van der Waals surface area contributed by atoms with E-state index >= 15 is 0 Å². The van der Waals surface area contributed by atoms with Crippen LogP contribution in [0.15, 0.2) is 54.6 Å². The number of carbonyl (C=O) groups excluding carboxylic acids is 1. The lowest BCUT2D eigenvalue weighted by molar-refractivity contribution is 0.164. The van der Waals surface area contributed by atoms with E-state index in [0.29, 0.717) is 0 Å². The third-order valence-electron chi connectivity index (χ3n) is 5.03. The second-order valence-corrected chi connectivity index (χ2v) is 8.14. The molecule has 2 N–H and O–H groups in total. The van der Waals surface area contributed by atoms with E-state index in [2.05, 4.69) is 60.6 Å². The minimum absolute atomic E-state index is 0.0228. The molecule has 0 saturated carbocycles. The predicted molar refractivity (Wildman–Crippen MR) is 107 cm³/mol. The van der Waals surface area contributed by atoms with E-state index in [1.54, 1.807) is 0 Å². The molecule has 0 bridgehead atoms. The van der Waals surface area contributed by atoms with Gasteiger partial charge in [-0.2, -0.15) is 0 Å². The van der Waals surface area contributed by atoms with E-state index < -0.39 is 0 Å². The van der Waals surface area contributed by atoms with E-state index in [-0.39, 0.29) is 17.5 Å². The maximum absolute atomic E-state index is 12.5. The highest BCUT2D eigenvalue weighted by Gasteiger charge is 2.29. The number of nitrogens with zero attached hydrogens (tertiary/aromatic N) is 1. The first-order valence-corrected chi connectivity index (χ1v) is 9.33. The first kappa shape index (κ1) is 18.5. The Kier molecular flexibility index (Phi) is 5.62. The van der Waals surface area contributed by atoms with Gasteiger partial charge < -0.3 is 10.6 Å². The Morgan fingerprint density at radius 2 is 1.69 bits per heavy atom. The largest absolute Gasteiger partial charge is 0.333 e. The summed E-state index contributed by atoms with van der Waals surface area (Å²) in [5.74, 6) is 0. The van der Waals surface area contributed by atoms with Gasteiger partial charge in [0.25, 0.3) is 0 Å². The summed E-state index contributed by atoms with van der Waals surface area (Å²) in [4.78, 5) is 14.9. The molecule has 1 heterocycles. The minimum atomic E-state index is -0.145. The molecule has 3 rings (SSSR count). The normalized spacial score (nSPS) is 15.8. The molecule has 1 atom stereocenters. The van der Waals surface area contributed by atoms with Gasteiger partial charge in [-0.3, -0.25) is 4.90 Å². The fraction of sp³-hybridized carbons (Fsp3) is 0.409. The van der Waals surface area contributed by atoms with Crippen LogP contribution in [-0.4, -0.2) is 30.1 Å². The molecule has 0 spiro atoms. The Hall–Kier alpha value is -2.33. The Bertz CT molecular complexity index is 737. The molecule has 0 unspecified atom stereocenters. The van der Waals surface area contributed by atoms with E-state index in [0.717, 1.165) is 31.7 Å². The summed E-state index contributed by atoms with van der Waals surface area (Å²) < 4.78 is 0. The van der Waals surface area contributed by atoms with Gasteiger partial charge >= 0.3 is 6.03 Å². The topological polar surface area (TPSA) is 44.4 Å². The summed E-state index contributed by atoms with van der Waals surface area (Å²) in [5.41, 5.74) is 3.64. The second-order valence-electron chi connectivity index (χ2n) is 8.14. The smallest absolute Gasteiger partial charge is 0.319 e. The number of nitrogens with one attached hydrogen (secondary N) is 2. The van der Waals surface area contributed by atoms with Gasteiger partial charge in [0.2, 0.25) is 0 Å². The number of anilines is 1. The van der Waals surface area contributed by atoms with Gasteiger partial charge in [0.05, 0.1) is 0 Å². The second kappa shape index (κ2) is 7.92. The average molecular weight is 351 g/mol. The third kappa shape index (κ3) is 4.85. The summed E-state index contributed by atoms with van der Waals surface area (Å²) in [6.07, 6.45) is 1.07. The number of hydrogen-bond donors (Lipinski definition) is 2. The number of rotatable bonds is 4. The molecular weight excluding hydrogens is 322 g/mol. The summed E-state index contributed by atoms with van der Waals surface area (Å²) in [6, 6.07) is 18.1. The molecule has 26 heavy (non-hydrogen) atoms. The molecule has 2 aromatic rings. The van der Waals surface area contributed by atoms with Crippen LogP contribution in [0.25, 0.3) is 0 Å². The number of hydrogen-bond acceptors (Lipinski definition) is 2. The van der Waals surface area contributed by atoms with Crippen molar-refractivity contribution < 1.29 is 4.79 Å². The molecule has 2 amide bonds. The van der Waals surface area contributed by atoms with Crippen molar-refractivity contribution in [2.45, 2.75) is 39.8 Å². The number of carbonyl (C=O) groups is 1. The summed E-state index contributed by atoms with van der Waals surface area (Å²) in [6.45, 7) is 9.37. The summed E-state index contributed by atoms with van der Waals surface area (Å²) in [5, 5.41) is 6.11. The zero-order valence-corrected chi connectivity index (χ0v) is 16.0. The number of benzene rings is 2. The third-order valence-corrected chi connectivity index (χ3v) is 5.03. The van der Waals surface area contributed by atoms with Crippen molar-refractivity contribution in [3.05, 3.63) is 65.7 Å². The van der Waals surface area contributed by atoms with Gasteiger partial charge in [-0.25, -0.2) is 4.79 Å². The molecule has 1 aliphatic heterocycles. The molecular formula is C22H29N3O. The molecule has 1 aliphatic rings. The van der Waals surface area contributed by atoms with Crippen LogP contribution in [0.5, 0.6) is 0 Å². The Labute approximate surface area is 156 Å². The fourth-order valence-corrected chi connectivity index (χ4v) is 3.35. The number of fused-ring (bicyclic) bond motifs is 1. The Balaban J connectivity index is 1.63. The maximum atomic E-state index is 12.5. The average Bonchev–Trinajstić information content (AvgIpc) is 2.61. The monoisotopic (exact) mass is 351 g/mol. The van der Waals surface area contributed by atoms with Crippen molar-refractivity contribution in [1.29, 1.82) is 0 Å². The lowest BCUT2D eigenvalue weighted by Gasteiger charge is -2.37. The number of urea groups is 1. The van der Waals surface area contributed by atoms with Crippen LogP contribution in [0.2, 0.25) is 0 Å². The van der Waals surface area contributed by atoms with Crippen LogP contribution in [0.3, 0.4) is 0 Å². The summed E-state index contributed by atoms with van der Waals surface area (Å²) >= 11 is 0. The molecule has 4 heteroatoms. The van der Waals surface area contributed by atoms with Gasteiger partial charge in [-0.1, -0.05) is 63.2 Å². The predicted octanol–water partition coefficient (Wildman–Crippen LogP) is 4.28. The van der Waals surface area contributed by atoms with Crippen LogP contribution < -0.4 is 10.6 Å². The van der Waals surface area contributed by atoms with E-state index in [4.69, 9.17) is 0 Å². The highest BCUT2D eigenvalue weighted by molar-refractivity contribution is 5.89. The maximum Gasteiger partial charge on any atom is 0.319 e. The SMILES string of the molecule is CC(C)(C)[C@@H](CN1CCc2ccccc2C1)NC(=O)Nc1ccccc1. The number of para-hydroxylation sites is 1. The molecule has 0 fully saturated rings. The summed E-state index contributed by atoms with van der Waals surface area (Å²) in [7, 11) is 0. The Morgan fingerprint density at radius 1 is 1.04 bits per heavy atom. The molecule has 0 radical (unpaired) electrons. The van der Waals surface area contributed by atoms with E-state index in [1.165, 1.54) is 11.1 Å². The molecule has 0 saturated heterocycles. The quantitative estimate of drug-likeness (QED) is 0.863. The van der Waals surface area contributed by atoms with Crippen molar-refractivity contribution in [2.75, 3.05) is 18.4 Å². The van der Waals surface area contributed by atoms with E-state index in [1.807, 2.05) is 30.3 Å². The lowest BCUT2D eigenvalue weighted by Crippen LogP contribution is -2.52. The fourth-order valence-electron chi connectivity index (χ4n) is 3.35. The zero-order valence-electron chi connectivity index (χ0n) is 16.0. The first-order valence-electron chi connectivity index (χ1n) is 9.33. The van der Waals surface area contributed by atoms with Gasteiger partial charge in [-0.05, 0) is 35.1 Å². The molecule has 2 aromatic carbocycles. The van der Waals surface area contributed by atoms with Crippen molar-refractivity contribution in [2.24, 2.45) is 5.41 Å². The Morgan fingerprint density at radius 3 is 2.38 bits per heavy atom. The molecule has 4 nitrogen and oxygen atoms in total. The van der Waals surface area contributed by atoms with Crippen molar-refractivity contribution >= 4 is 11.7 Å². The van der Waals surface area contributed by atoms with Gasteiger partial charge in [0, 0.05) is 31.4 Å². The first-order chi connectivity index (χ1) is 12.4. The van der Waals surface area contributed by atoms with E-state index in [9.17, 15) is 4.79 Å². The van der Waals surface area contributed by atoms with Crippen molar-refractivity contribution in [3.63, 3.8) is 0 Å². The van der Waals surface area contributed by atoms with Crippen LogP contribution >= 0.6 is 0 Å². The lowest BCUT2D eigenvalue weighted by atomic mass is 9.86. The molecule has 0 aromatic heterocycles. The zero-order chi connectivity index (χ0) is 18.6. The van der Waals surface area contributed by atoms with Crippen LogP contribution in [0, 0.1) is 5.41 Å². The standard InChI is InChI=1S/C22H29N3O/c1-22(2,3)20(24-21(26)23-19-11-5-4-6-12-19)16-25-14-13-17-9-7-8-10-18(17)15-25/h4-12,20H,13-16H2,1-3H3,(H2,23,24,26)/t20-/m1/s1. The van der Waals surface area contributed by atoms with Crippen molar-refractivity contribution in [3.8, 4) is 0 Å². The van der Waals surface area contributed by atoms with Crippen LogP contribution in [0.1, 0.15) is 31.9 Å². The van der Waals surface area contributed by atoms with Gasteiger partial charge in [-0.15, -0.1) is 0 Å². The highest BCUT2D eigenvalue weighted by atomic mass is 16.2. The minimum Gasteiger partial charge on any atom is -0.333 e. The molecule has 138 valence electrons. The van der Waals surface area contributed by atoms with Gasteiger partial charge in [0.15, 0.2) is 0 Å². The van der Waals surface area contributed by atoms with Crippen LogP contribution in [-0.2, 0) is 13.0 Å².